The van der Waals surface area contributed by atoms with Crippen molar-refractivity contribution in [2.24, 2.45) is 5.92 Å². The van der Waals surface area contributed by atoms with Crippen LogP contribution in [0.1, 0.15) is 37.6 Å². The SMILES string of the molecule is Cc1ncc(CO)c(CNC(C)C(C)C)c1O. The van der Waals surface area contributed by atoms with E-state index < -0.39 is 0 Å². The molecule has 0 aliphatic carbocycles. The van der Waals surface area contributed by atoms with Crippen molar-refractivity contribution in [2.75, 3.05) is 0 Å². The average Bonchev–Trinajstić information content (AvgIpc) is 2.30. The highest BCUT2D eigenvalue weighted by Crippen LogP contribution is 2.23. The molecule has 0 spiro atoms. The van der Waals surface area contributed by atoms with Crippen LogP contribution in [0.4, 0.5) is 0 Å². The van der Waals surface area contributed by atoms with Crippen molar-refractivity contribution in [2.45, 2.75) is 46.9 Å². The molecule has 0 saturated carbocycles. The predicted octanol–water partition coefficient (Wildman–Crippen LogP) is 1.72. The fourth-order valence-electron chi connectivity index (χ4n) is 1.52. The molecular formula is C13H22N2O2. The van der Waals surface area contributed by atoms with Crippen LogP contribution in [0.3, 0.4) is 0 Å². The molecule has 1 heterocycles. The molecule has 0 aliphatic heterocycles. The van der Waals surface area contributed by atoms with Gasteiger partial charge in [-0.15, -0.1) is 0 Å². The minimum absolute atomic E-state index is 0.103. The Labute approximate surface area is 103 Å². The van der Waals surface area contributed by atoms with Crippen molar-refractivity contribution >= 4 is 0 Å². The molecule has 1 atom stereocenters. The van der Waals surface area contributed by atoms with Gasteiger partial charge in [0, 0.05) is 29.9 Å². The third-order valence-electron chi connectivity index (χ3n) is 3.20. The Morgan fingerprint density at radius 3 is 2.53 bits per heavy atom. The fourth-order valence-corrected chi connectivity index (χ4v) is 1.52. The van der Waals surface area contributed by atoms with Crippen LogP contribution < -0.4 is 5.32 Å². The van der Waals surface area contributed by atoms with E-state index >= 15 is 0 Å². The number of pyridine rings is 1. The average molecular weight is 238 g/mol. The van der Waals surface area contributed by atoms with Crippen LogP contribution in [0.25, 0.3) is 0 Å². The number of nitrogens with one attached hydrogen (secondary N) is 1. The summed E-state index contributed by atoms with van der Waals surface area (Å²) >= 11 is 0. The summed E-state index contributed by atoms with van der Waals surface area (Å²) in [6.07, 6.45) is 1.62. The van der Waals surface area contributed by atoms with Gasteiger partial charge < -0.3 is 15.5 Å². The summed E-state index contributed by atoms with van der Waals surface area (Å²) in [7, 11) is 0. The Hall–Kier alpha value is -1.13. The number of aliphatic hydroxyl groups is 1. The summed E-state index contributed by atoms with van der Waals surface area (Å²) in [5.74, 6) is 0.706. The van der Waals surface area contributed by atoms with Crippen LogP contribution in [0.15, 0.2) is 6.20 Å². The second-order valence-corrected chi connectivity index (χ2v) is 4.77. The van der Waals surface area contributed by atoms with Crippen LogP contribution >= 0.6 is 0 Å². The molecule has 0 radical (unpaired) electrons. The molecule has 1 aromatic rings. The number of aromatic hydroxyl groups is 1. The number of rotatable bonds is 5. The second-order valence-electron chi connectivity index (χ2n) is 4.77. The first-order valence-corrected chi connectivity index (χ1v) is 5.98. The van der Waals surface area contributed by atoms with Gasteiger partial charge in [-0.05, 0) is 19.8 Å². The molecule has 1 rings (SSSR count). The van der Waals surface area contributed by atoms with Gasteiger partial charge in [-0.2, -0.15) is 0 Å². The Bertz CT molecular complexity index is 378. The summed E-state index contributed by atoms with van der Waals surface area (Å²) in [6, 6.07) is 0.356. The maximum Gasteiger partial charge on any atom is 0.141 e. The molecule has 0 amide bonds. The lowest BCUT2D eigenvalue weighted by Gasteiger charge is -2.19. The number of hydrogen-bond donors (Lipinski definition) is 3. The van der Waals surface area contributed by atoms with Crippen LogP contribution in [0, 0.1) is 12.8 Å². The predicted molar refractivity (Wildman–Crippen MR) is 67.7 cm³/mol. The monoisotopic (exact) mass is 238 g/mol. The minimum atomic E-state index is -0.103. The van der Waals surface area contributed by atoms with Crippen molar-refractivity contribution in [3.05, 3.63) is 23.0 Å². The lowest BCUT2D eigenvalue weighted by molar-refractivity contribution is 0.278. The van der Waals surface area contributed by atoms with E-state index in [-0.39, 0.29) is 12.4 Å². The quantitative estimate of drug-likeness (QED) is 0.731. The van der Waals surface area contributed by atoms with E-state index in [9.17, 15) is 10.2 Å². The Morgan fingerprint density at radius 1 is 1.35 bits per heavy atom. The van der Waals surface area contributed by atoms with Crippen LogP contribution in [-0.4, -0.2) is 21.2 Å². The molecule has 0 bridgehead atoms. The number of aromatic nitrogens is 1. The highest BCUT2D eigenvalue weighted by molar-refractivity contribution is 5.40. The zero-order valence-electron chi connectivity index (χ0n) is 11.0. The Morgan fingerprint density at radius 2 is 2.00 bits per heavy atom. The fraction of sp³-hybridized carbons (Fsp3) is 0.615. The van der Waals surface area contributed by atoms with E-state index in [1.54, 1.807) is 13.1 Å². The first-order valence-electron chi connectivity index (χ1n) is 5.98. The molecule has 17 heavy (non-hydrogen) atoms. The number of nitrogens with zero attached hydrogens (tertiary/aromatic N) is 1. The molecule has 4 nitrogen and oxygen atoms in total. The Balaban J connectivity index is 2.85. The van der Waals surface area contributed by atoms with Gasteiger partial charge >= 0.3 is 0 Å². The summed E-state index contributed by atoms with van der Waals surface area (Å²) in [5.41, 5.74) is 2.01. The third kappa shape index (κ3) is 3.41. The lowest BCUT2D eigenvalue weighted by Crippen LogP contribution is -2.30. The molecule has 0 aromatic carbocycles. The molecule has 0 aliphatic rings. The normalized spacial score (nSPS) is 13.1. The number of aryl methyl sites for hydroxylation is 1. The number of hydrogen-bond acceptors (Lipinski definition) is 4. The molecule has 0 fully saturated rings. The smallest absolute Gasteiger partial charge is 0.141 e. The van der Waals surface area contributed by atoms with Crippen molar-refractivity contribution in [3.63, 3.8) is 0 Å². The first-order chi connectivity index (χ1) is 7.97. The van der Waals surface area contributed by atoms with Crippen molar-refractivity contribution in [1.29, 1.82) is 0 Å². The summed E-state index contributed by atoms with van der Waals surface area (Å²) < 4.78 is 0. The van der Waals surface area contributed by atoms with Gasteiger partial charge in [-0.1, -0.05) is 13.8 Å². The highest BCUT2D eigenvalue weighted by Gasteiger charge is 2.13. The largest absolute Gasteiger partial charge is 0.506 e. The highest BCUT2D eigenvalue weighted by atomic mass is 16.3. The molecule has 1 aromatic heterocycles. The van der Waals surface area contributed by atoms with E-state index in [0.717, 1.165) is 5.56 Å². The van der Waals surface area contributed by atoms with Gasteiger partial charge in [0.05, 0.1) is 12.3 Å². The molecular weight excluding hydrogens is 216 g/mol. The maximum absolute atomic E-state index is 9.95. The third-order valence-corrected chi connectivity index (χ3v) is 3.20. The van der Waals surface area contributed by atoms with E-state index in [0.29, 0.717) is 29.8 Å². The Kier molecular flexibility index (Phi) is 4.90. The second kappa shape index (κ2) is 5.98. The van der Waals surface area contributed by atoms with E-state index in [4.69, 9.17) is 0 Å². The molecule has 3 N–H and O–H groups in total. The molecule has 1 unspecified atom stereocenters. The van der Waals surface area contributed by atoms with Crippen LogP contribution in [0.5, 0.6) is 5.75 Å². The van der Waals surface area contributed by atoms with Gasteiger partial charge in [0.15, 0.2) is 0 Å². The van der Waals surface area contributed by atoms with E-state index in [1.165, 1.54) is 0 Å². The zero-order valence-corrected chi connectivity index (χ0v) is 11.0. The number of aliphatic hydroxyl groups excluding tert-OH is 1. The minimum Gasteiger partial charge on any atom is -0.506 e. The van der Waals surface area contributed by atoms with E-state index in [2.05, 4.69) is 31.1 Å². The standard InChI is InChI=1S/C13H22N2O2/c1-8(2)9(3)15-6-12-11(7-16)5-14-10(4)13(12)17/h5,8-9,15-17H,6-7H2,1-4H3. The van der Waals surface area contributed by atoms with Gasteiger partial charge in [0.1, 0.15) is 5.75 Å². The van der Waals surface area contributed by atoms with Gasteiger partial charge in [-0.25, -0.2) is 0 Å². The van der Waals surface area contributed by atoms with Crippen LogP contribution in [-0.2, 0) is 13.2 Å². The van der Waals surface area contributed by atoms with Crippen LogP contribution in [0.2, 0.25) is 0 Å². The molecule has 0 saturated heterocycles. The van der Waals surface area contributed by atoms with Gasteiger partial charge in [0.25, 0.3) is 0 Å². The maximum atomic E-state index is 9.95. The van der Waals surface area contributed by atoms with Crippen molar-refractivity contribution in [3.8, 4) is 5.75 Å². The van der Waals surface area contributed by atoms with Gasteiger partial charge in [-0.3, -0.25) is 4.98 Å². The molecule has 96 valence electrons. The van der Waals surface area contributed by atoms with E-state index in [1.807, 2.05) is 0 Å². The van der Waals surface area contributed by atoms with Crippen molar-refractivity contribution < 1.29 is 10.2 Å². The summed E-state index contributed by atoms with van der Waals surface area (Å²) in [6.45, 7) is 8.59. The zero-order chi connectivity index (χ0) is 13.0. The van der Waals surface area contributed by atoms with Gasteiger partial charge in [0.2, 0.25) is 0 Å². The first kappa shape index (κ1) is 13.9. The lowest BCUT2D eigenvalue weighted by atomic mass is 10.0. The molecule has 4 heteroatoms. The van der Waals surface area contributed by atoms with Crippen molar-refractivity contribution in [1.82, 2.24) is 10.3 Å². The summed E-state index contributed by atoms with van der Waals surface area (Å²) in [4.78, 5) is 4.03. The summed E-state index contributed by atoms with van der Waals surface area (Å²) in [5, 5.41) is 22.5. The topological polar surface area (TPSA) is 65.4 Å².